The van der Waals surface area contributed by atoms with Gasteiger partial charge in [0.25, 0.3) is 0 Å². The van der Waals surface area contributed by atoms with E-state index in [0.29, 0.717) is 5.75 Å². The fourth-order valence-corrected chi connectivity index (χ4v) is 5.09. The van der Waals surface area contributed by atoms with E-state index < -0.39 is 8.32 Å². The minimum atomic E-state index is -2.00. The normalized spacial score (nSPS) is 24.0. The Morgan fingerprint density at radius 2 is 1.93 bits per heavy atom. The predicted octanol–water partition coefficient (Wildman–Crippen LogP) is 3.53. The Morgan fingerprint density at radius 1 is 1.29 bits per heavy atom. The lowest BCUT2D eigenvalue weighted by Gasteiger charge is -2.47. The third-order valence-corrected chi connectivity index (χ3v) is 11.1. The molecule has 28 heavy (non-hydrogen) atoms. The number of fused-ring (bicyclic) bond motifs is 1. The number of nitrogens with one attached hydrogen (secondary N) is 1. The molecule has 0 aliphatic carbocycles. The number of β-lactam (4-membered cyclic amide) rings is 1. The first-order chi connectivity index (χ1) is 12.9. The summed E-state index contributed by atoms with van der Waals surface area (Å²) in [6.07, 6.45) is -0.225. The van der Waals surface area contributed by atoms with Crippen LogP contribution in [-0.2, 0) is 14.0 Å². The summed E-state index contributed by atoms with van der Waals surface area (Å²) in [7, 11) is -2.00. The number of hydrogen-bond donors (Lipinski definition) is 1. The van der Waals surface area contributed by atoms with Crippen molar-refractivity contribution in [2.24, 2.45) is 11.8 Å². The van der Waals surface area contributed by atoms with Gasteiger partial charge in [0.05, 0.1) is 29.7 Å². The number of amides is 2. The van der Waals surface area contributed by atoms with Gasteiger partial charge in [-0.2, -0.15) is 0 Å². The van der Waals surface area contributed by atoms with Crippen LogP contribution in [0.25, 0.3) is 0 Å². The monoisotopic (exact) mass is 404 g/mol. The van der Waals surface area contributed by atoms with E-state index in [-0.39, 0.29) is 47.6 Å². The molecule has 154 valence electrons. The second-order valence-corrected chi connectivity index (χ2v) is 14.2. The highest BCUT2D eigenvalue weighted by molar-refractivity contribution is 6.74. The van der Waals surface area contributed by atoms with Gasteiger partial charge in [-0.25, -0.2) is 0 Å². The van der Waals surface area contributed by atoms with Crippen LogP contribution in [0.1, 0.15) is 34.6 Å². The number of nitrogens with zero attached hydrogens (tertiary/aromatic N) is 1. The molecule has 6 nitrogen and oxygen atoms in total. The Morgan fingerprint density at radius 3 is 2.54 bits per heavy atom. The fourth-order valence-electron chi connectivity index (χ4n) is 3.66. The van der Waals surface area contributed by atoms with Crippen molar-refractivity contribution in [3.05, 3.63) is 24.3 Å². The van der Waals surface area contributed by atoms with Crippen LogP contribution in [-0.4, -0.2) is 39.0 Å². The van der Waals surface area contributed by atoms with Crippen molar-refractivity contribution >= 4 is 25.8 Å². The lowest BCUT2D eigenvalue weighted by Crippen LogP contribution is -2.67. The SMILES string of the molecule is C[C@@H](O[Si](C)(C)C(C)(C)C)[C@H]1C(=O)N[C@@H]1[C@@H](C)C(=O)N1COc2ccccc21. The third-order valence-electron chi connectivity index (χ3n) is 6.49. The molecule has 2 aliphatic rings. The zero-order valence-corrected chi connectivity index (χ0v) is 18.9. The second kappa shape index (κ2) is 7.19. The van der Waals surface area contributed by atoms with Gasteiger partial charge >= 0.3 is 0 Å². The van der Waals surface area contributed by atoms with Crippen molar-refractivity contribution in [1.29, 1.82) is 0 Å². The molecule has 0 unspecified atom stereocenters. The highest BCUT2D eigenvalue weighted by Crippen LogP contribution is 2.40. The molecule has 1 saturated heterocycles. The molecular weight excluding hydrogens is 372 g/mol. The number of hydrogen-bond acceptors (Lipinski definition) is 4. The number of benzene rings is 1. The van der Waals surface area contributed by atoms with Gasteiger partial charge in [0.2, 0.25) is 11.8 Å². The van der Waals surface area contributed by atoms with Crippen LogP contribution in [0.15, 0.2) is 24.3 Å². The van der Waals surface area contributed by atoms with Crippen molar-refractivity contribution in [2.45, 2.75) is 64.9 Å². The molecule has 1 aromatic carbocycles. The maximum Gasteiger partial charge on any atom is 0.234 e. The number of carbonyl (C=O) groups excluding carboxylic acids is 2. The first-order valence-corrected chi connectivity index (χ1v) is 12.9. The summed E-state index contributed by atoms with van der Waals surface area (Å²) in [4.78, 5) is 27.1. The van der Waals surface area contributed by atoms with Gasteiger partial charge in [0.15, 0.2) is 15.0 Å². The summed E-state index contributed by atoms with van der Waals surface area (Å²) in [5, 5.41) is 3.00. The molecule has 1 N–H and O–H groups in total. The van der Waals surface area contributed by atoms with Gasteiger partial charge in [-0.3, -0.25) is 14.5 Å². The van der Waals surface area contributed by atoms with E-state index in [4.69, 9.17) is 9.16 Å². The van der Waals surface area contributed by atoms with Crippen LogP contribution in [0.3, 0.4) is 0 Å². The highest BCUT2D eigenvalue weighted by atomic mass is 28.4. The van der Waals surface area contributed by atoms with E-state index >= 15 is 0 Å². The molecular formula is C21H32N2O4Si. The summed E-state index contributed by atoms with van der Waals surface area (Å²) in [5.41, 5.74) is 0.784. The average molecular weight is 405 g/mol. The number of carbonyl (C=O) groups is 2. The Hall–Kier alpha value is -1.86. The van der Waals surface area contributed by atoms with Gasteiger partial charge in [0, 0.05) is 0 Å². The molecule has 2 aliphatic heterocycles. The molecule has 0 saturated carbocycles. The summed E-state index contributed by atoms with van der Waals surface area (Å²) in [5.74, 6) is -0.0324. The Labute approximate surface area is 168 Å². The van der Waals surface area contributed by atoms with Gasteiger partial charge in [0.1, 0.15) is 5.75 Å². The van der Waals surface area contributed by atoms with E-state index in [1.165, 1.54) is 0 Å². The molecule has 2 heterocycles. The second-order valence-electron chi connectivity index (χ2n) is 9.44. The predicted molar refractivity (Wildman–Crippen MR) is 112 cm³/mol. The van der Waals surface area contributed by atoms with Crippen molar-refractivity contribution in [3.63, 3.8) is 0 Å². The standard InChI is InChI=1S/C21H32N2O4Si/c1-13(20(25)23-12-26-16-11-9-8-10-15(16)23)18-17(19(24)22-18)14(2)27-28(6,7)21(3,4)5/h8-11,13-14,17-18H,12H2,1-7H3,(H,22,24)/t13-,14-,17-,18-/m1/s1. The number of rotatable bonds is 5. The maximum atomic E-state index is 13.1. The van der Waals surface area contributed by atoms with Crippen molar-refractivity contribution < 1.29 is 18.8 Å². The minimum absolute atomic E-state index is 0.0334. The molecule has 0 bridgehead atoms. The van der Waals surface area contributed by atoms with E-state index in [1.54, 1.807) is 4.90 Å². The summed E-state index contributed by atoms with van der Waals surface area (Å²) < 4.78 is 12.1. The van der Waals surface area contributed by atoms with Crippen LogP contribution in [0, 0.1) is 11.8 Å². The Kier molecular flexibility index (Phi) is 5.36. The van der Waals surface area contributed by atoms with Crippen LogP contribution in [0.4, 0.5) is 5.69 Å². The highest BCUT2D eigenvalue weighted by Gasteiger charge is 2.51. The van der Waals surface area contributed by atoms with Gasteiger partial charge in [-0.1, -0.05) is 39.8 Å². The molecule has 7 heteroatoms. The maximum absolute atomic E-state index is 13.1. The van der Waals surface area contributed by atoms with Crippen LogP contribution in [0.2, 0.25) is 18.1 Å². The molecule has 3 rings (SSSR count). The zero-order chi connectivity index (χ0) is 20.9. The first-order valence-electron chi connectivity index (χ1n) is 9.95. The van der Waals surface area contributed by atoms with E-state index in [9.17, 15) is 9.59 Å². The summed E-state index contributed by atoms with van der Waals surface area (Å²) in [6.45, 7) is 15.0. The van der Waals surface area contributed by atoms with E-state index in [2.05, 4.69) is 39.2 Å². The molecule has 1 fully saturated rings. The number of para-hydroxylation sites is 2. The van der Waals surface area contributed by atoms with Crippen LogP contribution >= 0.6 is 0 Å². The van der Waals surface area contributed by atoms with Gasteiger partial charge in [-0.05, 0) is 37.2 Å². The Balaban J connectivity index is 1.71. The van der Waals surface area contributed by atoms with Crippen molar-refractivity contribution in [3.8, 4) is 5.75 Å². The summed E-state index contributed by atoms with van der Waals surface area (Å²) >= 11 is 0. The zero-order valence-electron chi connectivity index (χ0n) is 17.9. The number of ether oxygens (including phenoxy) is 1. The third kappa shape index (κ3) is 3.57. The van der Waals surface area contributed by atoms with Crippen molar-refractivity contribution in [2.75, 3.05) is 11.6 Å². The Bertz CT molecular complexity index is 774. The van der Waals surface area contributed by atoms with Crippen LogP contribution < -0.4 is 15.0 Å². The topological polar surface area (TPSA) is 67.9 Å². The first kappa shape index (κ1) is 20.9. The van der Waals surface area contributed by atoms with Gasteiger partial charge in [-0.15, -0.1) is 0 Å². The number of anilines is 1. The van der Waals surface area contributed by atoms with E-state index in [0.717, 1.165) is 5.69 Å². The smallest absolute Gasteiger partial charge is 0.234 e. The van der Waals surface area contributed by atoms with Gasteiger partial charge < -0.3 is 14.5 Å². The molecule has 0 aromatic heterocycles. The van der Waals surface area contributed by atoms with Crippen LogP contribution in [0.5, 0.6) is 5.75 Å². The fraction of sp³-hybridized carbons (Fsp3) is 0.619. The lowest BCUT2D eigenvalue weighted by atomic mass is 9.78. The average Bonchev–Trinajstić information content (AvgIpc) is 3.00. The lowest BCUT2D eigenvalue weighted by molar-refractivity contribution is -0.144. The molecule has 4 atom stereocenters. The molecule has 0 spiro atoms. The van der Waals surface area contributed by atoms with Crippen molar-refractivity contribution in [1.82, 2.24) is 5.32 Å². The van der Waals surface area contributed by atoms with E-state index in [1.807, 2.05) is 38.1 Å². The largest absolute Gasteiger partial charge is 0.470 e. The molecule has 1 aromatic rings. The molecule has 0 radical (unpaired) electrons. The quantitative estimate of drug-likeness (QED) is 0.602. The molecule has 2 amide bonds. The minimum Gasteiger partial charge on any atom is -0.470 e. The summed E-state index contributed by atoms with van der Waals surface area (Å²) in [6, 6.07) is 7.29.